The van der Waals surface area contributed by atoms with E-state index in [0.717, 1.165) is 70.3 Å². The fourth-order valence-electron chi connectivity index (χ4n) is 6.13. The summed E-state index contributed by atoms with van der Waals surface area (Å²) >= 11 is 0. The molecule has 3 aliphatic rings. The lowest BCUT2D eigenvalue weighted by atomic mass is 9.71. The number of aromatic nitrogens is 1. The summed E-state index contributed by atoms with van der Waals surface area (Å²) in [6.07, 6.45) is 6.58. The van der Waals surface area contributed by atoms with Gasteiger partial charge in [0.1, 0.15) is 5.82 Å². The Bertz CT molecular complexity index is 1370. The minimum absolute atomic E-state index is 0.157. The van der Waals surface area contributed by atoms with Crippen molar-refractivity contribution in [2.75, 3.05) is 7.05 Å². The summed E-state index contributed by atoms with van der Waals surface area (Å²) in [6.45, 7) is 0.518. The van der Waals surface area contributed by atoms with Crippen LogP contribution in [-0.4, -0.2) is 28.1 Å². The number of ketones is 2. The number of halogens is 1. The van der Waals surface area contributed by atoms with Crippen LogP contribution in [0, 0.1) is 5.82 Å². The molecule has 0 spiro atoms. The van der Waals surface area contributed by atoms with Crippen molar-refractivity contribution in [1.29, 1.82) is 0 Å². The van der Waals surface area contributed by atoms with E-state index in [1.165, 1.54) is 6.07 Å². The molecule has 0 unspecified atom stereocenters. The van der Waals surface area contributed by atoms with Crippen LogP contribution in [-0.2, 0) is 16.1 Å². The average Bonchev–Trinajstić information content (AvgIpc) is 3.18. The smallest absolute Gasteiger partial charge is 0.161 e. The molecule has 0 bridgehead atoms. The highest BCUT2D eigenvalue weighted by Gasteiger charge is 2.43. The first-order valence-electron chi connectivity index (χ1n) is 12.1. The molecule has 3 aromatic rings. The number of para-hydroxylation sites is 1. The van der Waals surface area contributed by atoms with Gasteiger partial charge in [0, 0.05) is 72.0 Å². The molecule has 0 saturated carbocycles. The second kappa shape index (κ2) is 8.08. The number of nitrogens with zero attached hydrogens (tertiary/aromatic N) is 2. The van der Waals surface area contributed by atoms with Crippen molar-refractivity contribution >= 4 is 22.5 Å². The van der Waals surface area contributed by atoms with E-state index in [9.17, 15) is 14.0 Å². The van der Waals surface area contributed by atoms with Crippen molar-refractivity contribution in [3.63, 3.8) is 0 Å². The molecular formula is C29H27FN2O2. The SMILES string of the molecule is CN1C2=C(C(=O)CCC2)C(c2cn(Cc3cccc(F)c3)c3ccccc23)C2=C1CCCC2=O. The number of carbonyl (C=O) groups is 2. The highest BCUT2D eigenvalue weighted by atomic mass is 19.1. The monoisotopic (exact) mass is 454 g/mol. The van der Waals surface area contributed by atoms with Crippen LogP contribution in [0.2, 0.25) is 0 Å². The van der Waals surface area contributed by atoms with Gasteiger partial charge in [0.25, 0.3) is 0 Å². The summed E-state index contributed by atoms with van der Waals surface area (Å²) in [5, 5.41) is 1.05. The normalized spacial score (nSPS) is 19.2. The molecule has 2 aromatic carbocycles. The van der Waals surface area contributed by atoms with Crippen molar-refractivity contribution < 1.29 is 14.0 Å². The Balaban J connectivity index is 1.57. The van der Waals surface area contributed by atoms with Gasteiger partial charge in [-0.2, -0.15) is 0 Å². The van der Waals surface area contributed by atoms with Crippen LogP contribution in [0.25, 0.3) is 10.9 Å². The van der Waals surface area contributed by atoms with Gasteiger partial charge in [0.15, 0.2) is 11.6 Å². The minimum Gasteiger partial charge on any atom is -0.351 e. The van der Waals surface area contributed by atoms with E-state index < -0.39 is 0 Å². The summed E-state index contributed by atoms with van der Waals surface area (Å²) < 4.78 is 16.0. The van der Waals surface area contributed by atoms with E-state index in [2.05, 4.69) is 27.8 Å². The second-order valence-corrected chi connectivity index (χ2v) is 9.63. The van der Waals surface area contributed by atoms with E-state index in [0.29, 0.717) is 19.4 Å². The van der Waals surface area contributed by atoms with Crippen molar-refractivity contribution in [1.82, 2.24) is 9.47 Å². The van der Waals surface area contributed by atoms with Crippen molar-refractivity contribution in [2.45, 2.75) is 51.0 Å². The van der Waals surface area contributed by atoms with Crippen LogP contribution in [0.1, 0.15) is 55.6 Å². The van der Waals surface area contributed by atoms with E-state index >= 15 is 0 Å². The number of hydrogen-bond donors (Lipinski definition) is 0. The van der Waals surface area contributed by atoms with E-state index in [4.69, 9.17) is 0 Å². The summed E-state index contributed by atoms with van der Waals surface area (Å²) in [7, 11) is 2.02. The molecule has 0 fully saturated rings. The lowest BCUT2D eigenvalue weighted by molar-refractivity contribution is -0.117. The lowest BCUT2D eigenvalue weighted by Crippen LogP contribution is -2.37. The first kappa shape index (κ1) is 21.1. The number of carbonyl (C=O) groups excluding carboxylic acids is 2. The van der Waals surface area contributed by atoms with Gasteiger partial charge in [0.05, 0.1) is 0 Å². The van der Waals surface area contributed by atoms with Crippen LogP contribution >= 0.6 is 0 Å². The molecule has 2 aliphatic carbocycles. The predicted molar refractivity (Wildman–Crippen MR) is 130 cm³/mol. The molecule has 6 rings (SSSR count). The number of fused-ring (bicyclic) bond motifs is 1. The number of Topliss-reactive ketones (excluding diaryl/α,β-unsaturated/α-hetero) is 2. The number of benzene rings is 2. The highest BCUT2D eigenvalue weighted by molar-refractivity contribution is 6.07. The number of hydrogen-bond acceptors (Lipinski definition) is 3. The Morgan fingerprint density at radius 2 is 1.56 bits per heavy atom. The van der Waals surface area contributed by atoms with E-state index in [1.807, 2.05) is 25.2 Å². The lowest BCUT2D eigenvalue weighted by Gasteiger charge is -2.42. The Kier molecular flexibility index (Phi) is 5.01. The molecule has 4 nitrogen and oxygen atoms in total. The van der Waals surface area contributed by atoms with Crippen molar-refractivity contribution in [3.8, 4) is 0 Å². The molecular weight excluding hydrogens is 427 g/mol. The maximum atomic E-state index is 13.9. The first-order valence-corrected chi connectivity index (χ1v) is 12.1. The summed E-state index contributed by atoms with van der Waals surface area (Å²) in [5.41, 5.74) is 6.67. The third kappa shape index (κ3) is 3.25. The zero-order valence-electron chi connectivity index (χ0n) is 19.3. The van der Waals surface area contributed by atoms with Gasteiger partial charge in [-0.15, -0.1) is 0 Å². The van der Waals surface area contributed by atoms with E-state index in [1.54, 1.807) is 12.1 Å². The molecule has 0 amide bonds. The zero-order valence-corrected chi connectivity index (χ0v) is 19.3. The molecule has 1 aromatic heterocycles. The highest BCUT2D eigenvalue weighted by Crippen LogP contribution is 2.50. The van der Waals surface area contributed by atoms with Crippen molar-refractivity contribution in [2.24, 2.45) is 0 Å². The average molecular weight is 455 g/mol. The van der Waals surface area contributed by atoms with Crippen LogP contribution in [0.5, 0.6) is 0 Å². The second-order valence-electron chi connectivity index (χ2n) is 9.63. The molecule has 5 heteroatoms. The van der Waals surface area contributed by atoms with Gasteiger partial charge >= 0.3 is 0 Å². The molecule has 34 heavy (non-hydrogen) atoms. The molecule has 2 heterocycles. The minimum atomic E-state index is -0.333. The Morgan fingerprint density at radius 3 is 2.24 bits per heavy atom. The quantitative estimate of drug-likeness (QED) is 0.497. The maximum Gasteiger partial charge on any atom is 0.161 e. The first-order chi connectivity index (χ1) is 16.5. The largest absolute Gasteiger partial charge is 0.351 e. The van der Waals surface area contributed by atoms with Gasteiger partial charge in [-0.1, -0.05) is 30.3 Å². The Labute approximate surface area is 198 Å². The van der Waals surface area contributed by atoms with Crippen LogP contribution in [0.15, 0.2) is 77.3 Å². The van der Waals surface area contributed by atoms with E-state index in [-0.39, 0.29) is 23.3 Å². The molecule has 0 radical (unpaired) electrons. The molecule has 0 N–H and O–H groups in total. The molecule has 172 valence electrons. The van der Waals surface area contributed by atoms with Crippen LogP contribution < -0.4 is 0 Å². The summed E-state index contributed by atoms with van der Waals surface area (Å²) in [4.78, 5) is 28.8. The fourth-order valence-corrected chi connectivity index (χ4v) is 6.13. The van der Waals surface area contributed by atoms with Gasteiger partial charge in [-0.25, -0.2) is 4.39 Å². The van der Waals surface area contributed by atoms with Gasteiger partial charge < -0.3 is 9.47 Å². The number of rotatable bonds is 3. The molecule has 1 aliphatic heterocycles. The standard InChI is InChI=1S/C29H27FN2O2/c1-31-23-11-5-13-25(33)28(23)27(29-24(31)12-6-14-26(29)34)21-17-32(22-10-3-2-9-20(21)22)16-18-7-4-8-19(30)15-18/h2-4,7-10,15,17,27H,5-6,11-14,16H2,1H3. The number of allylic oxidation sites excluding steroid dienone is 4. The van der Waals surface area contributed by atoms with Gasteiger partial charge in [0.2, 0.25) is 0 Å². The van der Waals surface area contributed by atoms with Gasteiger partial charge in [-0.3, -0.25) is 9.59 Å². The van der Waals surface area contributed by atoms with Crippen LogP contribution in [0.4, 0.5) is 4.39 Å². The topological polar surface area (TPSA) is 42.3 Å². The molecule has 0 saturated heterocycles. The fraction of sp³-hybridized carbons (Fsp3) is 0.310. The molecule has 0 atom stereocenters. The Hall–Kier alpha value is -3.47. The summed E-state index contributed by atoms with van der Waals surface area (Å²) in [6, 6.07) is 14.8. The Morgan fingerprint density at radius 1 is 0.882 bits per heavy atom. The predicted octanol–water partition coefficient (Wildman–Crippen LogP) is 5.87. The van der Waals surface area contributed by atoms with Crippen molar-refractivity contribution in [3.05, 3.63) is 94.2 Å². The maximum absolute atomic E-state index is 13.9. The summed E-state index contributed by atoms with van der Waals surface area (Å²) in [5.74, 6) is -0.273. The zero-order chi connectivity index (χ0) is 23.4. The third-order valence-electron chi connectivity index (χ3n) is 7.62. The van der Waals surface area contributed by atoms with Crippen LogP contribution in [0.3, 0.4) is 0 Å². The third-order valence-corrected chi connectivity index (χ3v) is 7.62. The van der Waals surface area contributed by atoms with Gasteiger partial charge in [-0.05, 0) is 55.0 Å².